The summed E-state index contributed by atoms with van der Waals surface area (Å²) in [5.41, 5.74) is 0.905. The van der Waals surface area contributed by atoms with Crippen LogP contribution in [-0.2, 0) is 6.42 Å². The van der Waals surface area contributed by atoms with E-state index in [-0.39, 0.29) is 6.10 Å². The van der Waals surface area contributed by atoms with E-state index in [2.05, 4.69) is 28.1 Å². The molecule has 0 aromatic carbocycles. The van der Waals surface area contributed by atoms with Gasteiger partial charge in [0.1, 0.15) is 11.6 Å². The lowest BCUT2D eigenvalue weighted by Crippen LogP contribution is -2.14. The molecule has 98 valence electrons. The Morgan fingerprint density at radius 1 is 1.39 bits per heavy atom. The molecule has 0 saturated heterocycles. The van der Waals surface area contributed by atoms with Gasteiger partial charge in [0.15, 0.2) is 6.10 Å². The number of aromatic nitrogens is 2. The third-order valence-electron chi connectivity index (χ3n) is 2.53. The van der Waals surface area contributed by atoms with Crippen molar-refractivity contribution in [2.75, 3.05) is 11.9 Å². The number of nitrogens with zero attached hydrogens (tertiary/aromatic N) is 2. The molecule has 0 amide bonds. The van der Waals surface area contributed by atoms with Crippen LogP contribution in [-0.4, -0.2) is 22.6 Å². The summed E-state index contributed by atoms with van der Waals surface area (Å²) in [6.07, 6.45) is 6.84. The van der Waals surface area contributed by atoms with E-state index in [1.54, 1.807) is 0 Å². The largest absolute Gasteiger partial charge is 0.461 e. The molecule has 0 fully saturated rings. The zero-order valence-electron chi connectivity index (χ0n) is 11.6. The minimum absolute atomic E-state index is 0.290. The van der Waals surface area contributed by atoms with E-state index in [1.165, 1.54) is 0 Å². The van der Waals surface area contributed by atoms with Crippen molar-refractivity contribution >= 4 is 5.82 Å². The van der Waals surface area contributed by atoms with Crippen molar-refractivity contribution in [1.29, 1.82) is 0 Å². The highest BCUT2D eigenvalue weighted by Gasteiger charge is 2.12. The molecule has 4 nitrogen and oxygen atoms in total. The first-order chi connectivity index (χ1) is 8.62. The van der Waals surface area contributed by atoms with Crippen LogP contribution in [0.5, 0.6) is 5.88 Å². The molecule has 1 aromatic rings. The number of hydrogen-bond acceptors (Lipinski definition) is 4. The smallest absolute Gasteiger partial charge is 0.223 e. The second-order valence-electron chi connectivity index (χ2n) is 4.13. The van der Waals surface area contributed by atoms with Crippen LogP contribution in [0.2, 0.25) is 0 Å². The fourth-order valence-corrected chi connectivity index (χ4v) is 1.43. The zero-order chi connectivity index (χ0) is 13.5. The van der Waals surface area contributed by atoms with E-state index < -0.39 is 0 Å². The monoisotopic (exact) mass is 247 g/mol. The Labute approximate surface area is 109 Å². The van der Waals surface area contributed by atoms with Crippen LogP contribution >= 0.6 is 0 Å². The van der Waals surface area contributed by atoms with Crippen molar-refractivity contribution < 1.29 is 4.74 Å². The van der Waals surface area contributed by atoms with Crippen LogP contribution in [0.4, 0.5) is 5.82 Å². The van der Waals surface area contributed by atoms with Crippen LogP contribution in [0.25, 0.3) is 0 Å². The summed E-state index contributed by atoms with van der Waals surface area (Å²) >= 11 is 0. The van der Waals surface area contributed by atoms with Gasteiger partial charge in [-0.1, -0.05) is 19.8 Å². The number of aryl methyl sites for hydroxylation is 1. The van der Waals surface area contributed by atoms with Crippen LogP contribution < -0.4 is 10.1 Å². The number of terminal acetylenes is 1. The molecule has 0 aliphatic carbocycles. The number of ether oxygens (including phenoxy) is 1. The molecular weight excluding hydrogens is 226 g/mol. The van der Waals surface area contributed by atoms with Gasteiger partial charge >= 0.3 is 0 Å². The predicted octanol–water partition coefficient (Wildman–Crippen LogP) is 2.57. The summed E-state index contributed by atoms with van der Waals surface area (Å²) in [7, 11) is 0. The maximum atomic E-state index is 5.63. The number of anilines is 1. The van der Waals surface area contributed by atoms with Gasteiger partial charge in [-0.15, -0.1) is 6.42 Å². The van der Waals surface area contributed by atoms with Crippen molar-refractivity contribution in [3.05, 3.63) is 11.4 Å². The Morgan fingerprint density at radius 3 is 2.67 bits per heavy atom. The second kappa shape index (κ2) is 6.85. The maximum absolute atomic E-state index is 5.63. The Kier molecular flexibility index (Phi) is 5.44. The van der Waals surface area contributed by atoms with Crippen LogP contribution in [0.3, 0.4) is 0 Å². The quantitative estimate of drug-likeness (QED) is 0.785. The summed E-state index contributed by atoms with van der Waals surface area (Å²) in [5.74, 6) is 4.71. The van der Waals surface area contributed by atoms with Gasteiger partial charge in [0, 0.05) is 13.0 Å². The van der Waals surface area contributed by atoms with Gasteiger partial charge in [-0.2, -0.15) is 4.98 Å². The number of hydrogen-bond donors (Lipinski definition) is 1. The van der Waals surface area contributed by atoms with E-state index >= 15 is 0 Å². The zero-order valence-corrected chi connectivity index (χ0v) is 11.6. The minimum Gasteiger partial charge on any atom is -0.461 e. The first-order valence-corrected chi connectivity index (χ1v) is 6.36. The minimum atomic E-state index is -0.290. The van der Waals surface area contributed by atoms with Crippen molar-refractivity contribution in [3.8, 4) is 18.2 Å². The summed E-state index contributed by atoms with van der Waals surface area (Å²) in [6, 6.07) is 0. The van der Waals surface area contributed by atoms with Crippen LogP contribution in [0, 0.1) is 19.3 Å². The Balaban J connectivity index is 3.04. The molecule has 4 heteroatoms. The molecule has 0 radical (unpaired) electrons. The van der Waals surface area contributed by atoms with Gasteiger partial charge < -0.3 is 10.1 Å². The molecule has 1 heterocycles. The van der Waals surface area contributed by atoms with Gasteiger partial charge in [-0.05, 0) is 20.3 Å². The summed E-state index contributed by atoms with van der Waals surface area (Å²) < 4.78 is 5.63. The fourth-order valence-electron chi connectivity index (χ4n) is 1.43. The van der Waals surface area contributed by atoms with E-state index in [9.17, 15) is 0 Å². The van der Waals surface area contributed by atoms with Crippen LogP contribution in [0.1, 0.15) is 38.6 Å². The molecule has 0 bridgehead atoms. The molecule has 0 saturated carbocycles. The lowest BCUT2D eigenvalue weighted by atomic mass is 10.3. The molecule has 0 spiro atoms. The predicted molar refractivity (Wildman–Crippen MR) is 73.9 cm³/mol. The van der Waals surface area contributed by atoms with Crippen LogP contribution in [0.15, 0.2) is 0 Å². The highest BCUT2D eigenvalue weighted by molar-refractivity contribution is 5.48. The molecule has 0 aliphatic heterocycles. The fraction of sp³-hybridized carbons (Fsp3) is 0.571. The molecule has 18 heavy (non-hydrogen) atoms. The first kappa shape index (κ1) is 14.3. The summed E-state index contributed by atoms with van der Waals surface area (Å²) in [4.78, 5) is 8.85. The third kappa shape index (κ3) is 3.63. The SMILES string of the molecule is C#CC(C)Oc1nc(CC)nc(NCCC)c1C. The standard InChI is InChI=1S/C14H21N3O/c1-6-9-15-13-11(5)14(18-10(4)7-2)17-12(8-3)16-13/h2,10H,6,8-9H2,1,3-5H3,(H,15,16,17). The Morgan fingerprint density at radius 2 is 2.11 bits per heavy atom. The lowest BCUT2D eigenvalue weighted by molar-refractivity contribution is 0.264. The Hall–Kier alpha value is -1.76. The topological polar surface area (TPSA) is 47.0 Å². The van der Waals surface area contributed by atoms with E-state index in [1.807, 2.05) is 20.8 Å². The van der Waals surface area contributed by atoms with Crippen molar-refractivity contribution in [2.24, 2.45) is 0 Å². The second-order valence-corrected chi connectivity index (χ2v) is 4.13. The average Bonchev–Trinajstić information content (AvgIpc) is 2.39. The van der Waals surface area contributed by atoms with Gasteiger partial charge in [0.2, 0.25) is 5.88 Å². The third-order valence-corrected chi connectivity index (χ3v) is 2.53. The van der Waals surface area contributed by atoms with Crippen molar-refractivity contribution in [3.63, 3.8) is 0 Å². The van der Waals surface area contributed by atoms with E-state index in [0.29, 0.717) is 5.88 Å². The van der Waals surface area contributed by atoms with Gasteiger partial charge in [-0.25, -0.2) is 4.98 Å². The molecule has 1 N–H and O–H groups in total. The molecule has 1 rings (SSSR count). The number of nitrogens with one attached hydrogen (secondary N) is 1. The van der Waals surface area contributed by atoms with E-state index in [0.717, 1.165) is 36.6 Å². The highest BCUT2D eigenvalue weighted by Crippen LogP contribution is 2.23. The van der Waals surface area contributed by atoms with Gasteiger partial charge in [-0.3, -0.25) is 0 Å². The average molecular weight is 247 g/mol. The molecule has 1 unspecified atom stereocenters. The van der Waals surface area contributed by atoms with E-state index in [4.69, 9.17) is 11.2 Å². The molecule has 1 aromatic heterocycles. The van der Waals surface area contributed by atoms with Crippen molar-refractivity contribution in [2.45, 2.75) is 46.6 Å². The molecular formula is C14H21N3O. The van der Waals surface area contributed by atoms with Crippen molar-refractivity contribution in [1.82, 2.24) is 9.97 Å². The normalized spacial score (nSPS) is 11.7. The Bertz CT molecular complexity index is 437. The maximum Gasteiger partial charge on any atom is 0.223 e. The summed E-state index contributed by atoms with van der Waals surface area (Å²) in [5, 5.41) is 3.29. The lowest BCUT2D eigenvalue weighted by Gasteiger charge is -2.15. The molecule has 0 aliphatic rings. The summed E-state index contributed by atoms with van der Waals surface area (Å²) in [6.45, 7) is 8.78. The van der Waals surface area contributed by atoms with Gasteiger partial charge in [0.05, 0.1) is 5.56 Å². The van der Waals surface area contributed by atoms with Gasteiger partial charge in [0.25, 0.3) is 0 Å². The molecule has 1 atom stereocenters. The first-order valence-electron chi connectivity index (χ1n) is 6.36. The highest BCUT2D eigenvalue weighted by atomic mass is 16.5. The number of rotatable bonds is 6.